The second-order valence-corrected chi connectivity index (χ2v) is 5.60. The van der Waals surface area contributed by atoms with Crippen molar-refractivity contribution in [3.05, 3.63) is 46.9 Å². The van der Waals surface area contributed by atoms with Crippen LogP contribution in [0.15, 0.2) is 40.5 Å². The van der Waals surface area contributed by atoms with E-state index in [1.807, 2.05) is 7.05 Å². The van der Waals surface area contributed by atoms with Crippen molar-refractivity contribution in [2.45, 2.75) is 24.9 Å². The van der Waals surface area contributed by atoms with Gasteiger partial charge in [0, 0.05) is 17.2 Å². The van der Waals surface area contributed by atoms with Crippen LogP contribution in [0.3, 0.4) is 0 Å². The summed E-state index contributed by atoms with van der Waals surface area (Å²) < 4.78 is 19.0. The van der Waals surface area contributed by atoms with Crippen molar-refractivity contribution in [3.8, 4) is 0 Å². The lowest BCUT2D eigenvalue weighted by atomic mass is 9.84. The third-order valence-corrected chi connectivity index (χ3v) is 4.48. The molecule has 4 N–H and O–H groups in total. The van der Waals surface area contributed by atoms with E-state index in [-0.39, 0.29) is 11.7 Å². The Morgan fingerprint density at radius 3 is 2.82 bits per heavy atom. The molecule has 118 valence electrons. The van der Waals surface area contributed by atoms with Crippen LogP contribution in [-0.2, 0) is 4.74 Å². The van der Waals surface area contributed by atoms with Crippen LogP contribution in [-0.4, -0.2) is 31.9 Å². The summed E-state index contributed by atoms with van der Waals surface area (Å²) >= 11 is 0. The lowest BCUT2D eigenvalue weighted by Gasteiger charge is -2.41. The number of hydrogen-bond acceptors (Lipinski definition) is 5. The topological polar surface area (TPSA) is 71.7 Å². The van der Waals surface area contributed by atoms with Crippen molar-refractivity contribution < 1.29 is 9.13 Å². The van der Waals surface area contributed by atoms with Gasteiger partial charge in [0.2, 0.25) is 0 Å². The third kappa shape index (κ3) is 2.38. The van der Waals surface area contributed by atoms with Gasteiger partial charge in [0.25, 0.3) is 0 Å². The highest BCUT2D eigenvalue weighted by Crippen LogP contribution is 2.37. The summed E-state index contributed by atoms with van der Waals surface area (Å²) in [6.45, 7) is 3.10. The maximum Gasteiger partial charge on any atom is 0.195 e. The maximum absolute atomic E-state index is 13.2. The first-order valence-electron chi connectivity index (χ1n) is 7.47. The molecule has 0 bridgehead atoms. The fourth-order valence-corrected chi connectivity index (χ4v) is 3.23. The Hall–Kier alpha value is -1.92. The average Bonchev–Trinajstić information content (AvgIpc) is 2.54. The molecule has 0 saturated heterocycles. The first-order valence-corrected chi connectivity index (χ1v) is 7.47. The van der Waals surface area contributed by atoms with Crippen LogP contribution in [0.25, 0.3) is 0 Å². The molecule has 2 atom stereocenters. The van der Waals surface area contributed by atoms with E-state index in [1.165, 1.54) is 12.1 Å². The molecule has 6 heteroatoms. The molecule has 2 aliphatic heterocycles. The number of aliphatic imine (C=N–C) groups is 1. The van der Waals surface area contributed by atoms with Crippen LogP contribution in [0.5, 0.6) is 0 Å². The van der Waals surface area contributed by atoms with Crippen LogP contribution >= 0.6 is 0 Å². The zero-order valence-corrected chi connectivity index (χ0v) is 12.8. The van der Waals surface area contributed by atoms with Crippen LogP contribution in [0.4, 0.5) is 4.39 Å². The SMILES string of the molecule is CCC1(NC)N=C(N)NC2=C1COCC2c1ccc(F)cc1. The maximum atomic E-state index is 13.2. The number of hydrogen-bond donors (Lipinski definition) is 3. The summed E-state index contributed by atoms with van der Waals surface area (Å²) in [7, 11) is 1.87. The standard InChI is InChI=1S/C16H21FN4O/c1-3-16(19-2)13-9-22-8-12(14(13)20-15(18)21-16)10-4-6-11(17)7-5-10/h4-7,12,19H,3,8-9H2,1-2H3,(H3,18,20,21). The van der Waals surface area contributed by atoms with E-state index < -0.39 is 5.66 Å². The average molecular weight is 304 g/mol. The fourth-order valence-electron chi connectivity index (χ4n) is 3.23. The van der Waals surface area contributed by atoms with Gasteiger partial charge in [-0.2, -0.15) is 0 Å². The number of guanidine groups is 1. The summed E-state index contributed by atoms with van der Waals surface area (Å²) in [6, 6.07) is 6.51. The van der Waals surface area contributed by atoms with Gasteiger partial charge in [-0.25, -0.2) is 9.38 Å². The van der Waals surface area contributed by atoms with E-state index in [4.69, 9.17) is 10.5 Å². The summed E-state index contributed by atoms with van der Waals surface area (Å²) in [5.74, 6) is 0.145. The minimum atomic E-state index is -0.538. The van der Waals surface area contributed by atoms with Crippen LogP contribution < -0.4 is 16.4 Å². The van der Waals surface area contributed by atoms with E-state index in [2.05, 4.69) is 22.5 Å². The van der Waals surface area contributed by atoms with Gasteiger partial charge >= 0.3 is 0 Å². The van der Waals surface area contributed by atoms with Crippen LogP contribution in [0.2, 0.25) is 0 Å². The molecule has 0 fully saturated rings. The number of benzene rings is 1. The second-order valence-electron chi connectivity index (χ2n) is 5.60. The zero-order chi connectivity index (χ0) is 15.7. The molecule has 0 spiro atoms. The first-order chi connectivity index (χ1) is 10.6. The predicted octanol–water partition coefficient (Wildman–Crippen LogP) is 1.44. The Morgan fingerprint density at radius 1 is 1.45 bits per heavy atom. The molecule has 1 aromatic carbocycles. The quantitative estimate of drug-likeness (QED) is 0.790. The number of halogens is 1. The number of rotatable bonds is 3. The molecule has 22 heavy (non-hydrogen) atoms. The molecule has 2 heterocycles. The number of ether oxygens (including phenoxy) is 1. The molecular formula is C16H21FN4O. The highest BCUT2D eigenvalue weighted by atomic mass is 19.1. The van der Waals surface area contributed by atoms with Crippen LogP contribution in [0, 0.1) is 5.82 Å². The molecule has 0 radical (unpaired) electrons. The molecule has 5 nitrogen and oxygen atoms in total. The predicted molar refractivity (Wildman–Crippen MR) is 83.8 cm³/mol. The lowest BCUT2D eigenvalue weighted by molar-refractivity contribution is 0.115. The molecule has 2 unspecified atom stereocenters. The van der Waals surface area contributed by atoms with Gasteiger partial charge in [0.05, 0.1) is 13.2 Å². The number of likely N-dealkylation sites (N-methyl/N-ethyl adjacent to an activating group) is 1. The Kier molecular flexibility index (Phi) is 3.88. The van der Waals surface area contributed by atoms with Crippen molar-refractivity contribution in [2.24, 2.45) is 10.7 Å². The van der Waals surface area contributed by atoms with E-state index in [1.54, 1.807) is 12.1 Å². The van der Waals surface area contributed by atoms with Crippen molar-refractivity contribution in [1.29, 1.82) is 0 Å². The summed E-state index contributed by atoms with van der Waals surface area (Å²) in [5, 5.41) is 6.47. The molecular weight excluding hydrogens is 283 g/mol. The lowest BCUT2D eigenvalue weighted by Crippen LogP contribution is -2.54. The van der Waals surface area contributed by atoms with Gasteiger partial charge in [0.1, 0.15) is 11.5 Å². The van der Waals surface area contributed by atoms with E-state index in [0.29, 0.717) is 19.2 Å². The van der Waals surface area contributed by atoms with Crippen LogP contribution in [0.1, 0.15) is 24.8 Å². The molecule has 2 aliphatic rings. The smallest absolute Gasteiger partial charge is 0.195 e. The van der Waals surface area contributed by atoms with Gasteiger partial charge in [-0.15, -0.1) is 0 Å². The minimum absolute atomic E-state index is 0.00215. The number of nitrogens with one attached hydrogen (secondary N) is 2. The van der Waals surface area contributed by atoms with Gasteiger partial charge < -0.3 is 15.8 Å². The van der Waals surface area contributed by atoms with Gasteiger partial charge in [-0.1, -0.05) is 19.1 Å². The fraction of sp³-hybridized carbons (Fsp3) is 0.438. The van der Waals surface area contributed by atoms with Crippen molar-refractivity contribution >= 4 is 5.96 Å². The minimum Gasteiger partial charge on any atom is -0.376 e. The normalized spacial score (nSPS) is 28.0. The molecule has 3 rings (SSSR count). The zero-order valence-electron chi connectivity index (χ0n) is 12.8. The largest absolute Gasteiger partial charge is 0.376 e. The number of nitrogens with zero attached hydrogens (tertiary/aromatic N) is 1. The Balaban J connectivity index is 2.06. The van der Waals surface area contributed by atoms with Gasteiger partial charge in [0.15, 0.2) is 5.96 Å². The van der Waals surface area contributed by atoms with E-state index in [0.717, 1.165) is 23.3 Å². The molecule has 0 saturated carbocycles. The van der Waals surface area contributed by atoms with E-state index >= 15 is 0 Å². The Bertz CT molecular complexity index is 620. The highest BCUT2D eigenvalue weighted by molar-refractivity contribution is 5.82. The van der Waals surface area contributed by atoms with E-state index in [9.17, 15) is 4.39 Å². The summed E-state index contributed by atoms with van der Waals surface area (Å²) in [5.41, 5.74) is 8.53. The van der Waals surface area contributed by atoms with Gasteiger partial charge in [-0.05, 0) is 31.2 Å². The monoisotopic (exact) mass is 304 g/mol. The molecule has 0 amide bonds. The summed E-state index contributed by atoms with van der Waals surface area (Å²) in [6.07, 6.45) is 0.768. The molecule has 1 aromatic rings. The van der Waals surface area contributed by atoms with Crippen molar-refractivity contribution in [1.82, 2.24) is 10.6 Å². The Morgan fingerprint density at radius 2 is 2.18 bits per heavy atom. The summed E-state index contributed by atoms with van der Waals surface area (Å²) in [4.78, 5) is 4.55. The Labute approximate surface area is 129 Å². The molecule has 0 aromatic heterocycles. The van der Waals surface area contributed by atoms with Gasteiger partial charge in [-0.3, -0.25) is 5.32 Å². The van der Waals surface area contributed by atoms with Crippen molar-refractivity contribution in [2.75, 3.05) is 20.3 Å². The second kappa shape index (κ2) is 5.70. The number of nitrogens with two attached hydrogens (primary N) is 1. The van der Waals surface area contributed by atoms with Crippen molar-refractivity contribution in [3.63, 3.8) is 0 Å². The molecule has 0 aliphatic carbocycles. The third-order valence-electron chi connectivity index (χ3n) is 4.48. The first kappa shape index (κ1) is 15.0. The highest BCUT2D eigenvalue weighted by Gasteiger charge is 2.41.